The van der Waals surface area contributed by atoms with Crippen LogP contribution in [0.4, 0.5) is 9.18 Å². The van der Waals surface area contributed by atoms with Crippen LogP contribution in [0.25, 0.3) is 0 Å². The van der Waals surface area contributed by atoms with E-state index in [-0.39, 0.29) is 24.6 Å². The molecule has 0 radical (unpaired) electrons. The summed E-state index contributed by atoms with van der Waals surface area (Å²) < 4.78 is 34.4. The molecular formula is C28H29BrFN3O7. The lowest BCUT2D eigenvalue weighted by molar-refractivity contribution is -0.139. The van der Waals surface area contributed by atoms with Gasteiger partial charge in [0.15, 0.2) is 24.0 Å². The minimum absolute atomic E-state index is 0.124. The van der Waals surface area contributed by atoms with Crippen molar-refractivity contribution >= 4 is 33.8 Å². The van der Waals surface area contributed by atoms with Crippen LogP contribution < -0.4 is 15.1 Å². The third-order valence-corrected chi connectivity index (χ3v) is 6.57. The Morgan fingerprint density at radius 1 is 1.20 bits per heavy atom. The first kappa shape index (κ1) is 29.1. The molecule has 0 bridgehead atoms. The third-order valence-electron chi connectivity index (χ3n) is 5.98. The van der Waals surface area contributed by atoms with E-state index >= 15 is 0 Å². The molecule has 2 heterocycles. The van der Waals surface area contributed by atoms with Crippen molar-refractivity contribution in [2.75, 3.05) is 13.2 Å². The summed E-state index contributed by atoms with van der Waals surface area (Å²) in [7, 11) is 1.76. The highest BCUT2D eigenvalue weighted by atomic mass is 79.9. The molecule has 1 amide bonds. The average molecular weight is 618 g/mol. The minimum Gasteiger partial charge on any atom is -0.491 e. The van der Waals surface area contributed by atoms with E-state index in [0.29, 0.717) is 33.5 Å². The number of imidazole rings is 1. The lowest BCUT2D eigenvalue weighted by Crippen LogP contribution is -2.30. The molecule has 12 heteroatoms. The second-order valence-electron chi connectivity index (χ2n) is 10.4. The van der Waals surface area contributed by atoms with E-state index in [1.54, 1.807) is 55.4 Å². The predicted molar refractivity (Wildman–Crippen MR) is 145 cm³/mol. The number of ketones is 1. The monoisotopic (exact) mass is 617 g/mol. The number of fused-ring (bicyclic) bond motifs is 1. The maximum Gasteiger partial charge on any atom is 0.437 e. The van der Waals surface area contributed by atoms with Crippen molar-refractivity contribution in [3.63, 3.8) is 0 Å². The van der Waals surface area contributed by atoms with Crippen molar-refractivity contribution in [2.45, 2.75) is 39.3 Å². The van der Waals surface area contributed by atoms with Gasteiger partial charge in [-0.1, -0.05) is 6.07 Å². The van der Waals surface area contributed by atoms with Gasteiger partial charge in [-0.15, -0.1) is 4.99 Å². The Morgan fingerprint density at radius 2 is 1.95 bits per heavy atom. The number of carboxylic acid groups (broad SMARTS) is 1. The van der Waals surface area contributed by atoms with Crippen LogP contribution in [-0.4, -0.2) is 50.9 Å². The van der Waals surface area contributed by atoms with Crippen molar-refractivity contribution in [1.29, 1.82) is 0 Å². The molecule has 0 unspecified atom stereocenters. The number of aromatic nitrogens is 2. The summed E-state index contributed by atoms with van der Waals surface area (Å²) in [5, 5.41) is 8.82. The average Bonchev–Trinajstić information content (AvgIpc) is 3.18. The van der Waals surface area contributed by atoms with E-state index in [2.05, 4.69) is 20.9 Å². The number of carbonyl (C=O) groups excluding carboxylic acids is 2. The second-order valence-corrected chi connectivity index (χ2v) is 11.3. The van der Waals surface area contributed by atoms with Gasteiger partial charge in [0, 0.05) is 19.4 Å². The van der Waals surface area contributed by atoms with Gasteiger partial charge in [-0.05, 0) is 78.5 Å². The predicted octanol–water partition coefficient (Wildman–Crippen LogP) is 4.51. The highest BCUT2D eigenvalue weighted by Crippen LogP contribution is 2.37. The third kappa shape index (κ3) is 6.98. The summed E-state index contributed by atoms with van der Waals surface area (Å²) in [4.78, 5) is 40.7. The first-order valence-corrected chi connectivity index (χ1v) is 13.2. The summed E-state index contributed by atoms with van der Waals surface area (Å²) in [5.41, 5.74) is 1.47. The molecule has 1 atom stereocenters. The van der Waals surface area contributed by atoms with Crippen LogP contribution in [0.15, 0.2) is 52.2 Å². The Hall–Kier alpha value is -3.93. The standard InChI is InChI=1S/C28H29BrFN3O7/c1-28(2,3)40-27(37)31-26-32(4)7-8-33(26)13-17-10-19-24(36)18(14-39-25(19)20(29)11-17)9-16-5-6-21(30)22(12-16)38-15-23(34)35/h5-8,10-12,18H,9,13-15H2,1-4H3,(H,34,35)/t18-/m0/s1. The molecule has 4 rings (SSSR count). The van der Waals surface area contributed by atoms with Crippen molar-refractivity contribution in [3.05, 3.63) is 75.3 Å². The van der Waals surface area contributed by atoms with Gasteiger partial charge in [0.25, 0.3) is 0 Å². The van der Waals surface area contributed by atoms with Gasteiger partial charge >= 0.3 is 12.1 Å². The molecule has 212 valence electrons. The van der Waals surface area contributed by atoms with Gasteiger partial charge in [0.1, 0.15) is 11.4 Å². The number of aryl methyl sites for hydroxylation is 1. The summed E-state index contributed by atoms with van der Waals surface area (Å²) in [6, 6.07) is 7.70. The van der Waals surface area contributed by atoms with Crippen LogP contribution in [0.3, 0.4) is 0 Å². The molecule has 1 aliphatic rings. The smallest absolute Gasteiger partial charge is 0.437 e. The molecule has 1 aliphatic heterocycles. The quantitative estimate of drug-likeness (QED) is 0.414. The SMILES string of the molecule is Cn1ccn(Cc2cc(Br)c3c(c2)C(=O)[C@@H](Cc2ccc(F)c(OCC(=O)O)c2)CO3)c1=NC(=O)OC(C)(C)C. The number of amides is 1. The van der Waals surface area contributed by atoms with Crippen molar-refractivity contribution in [1.82, 2.24) is 9.13 Å². The number of carboxylic acids is 1. The normalized spacial score (nSPS) is 15.4. The summed E-state index contributed by atoms with van der Waals surface area (Å²) in [6.45, 7) is 5.05. The molecule has 3 aromatic rings. The Bertz CT molecular complexity index is 1540. The van der Waals surface area contributed by atoms with E-state index in [0.717, 1.165) is 5.56 Å². The molecule has 1 N–H and O–H groups in total. The molecule has 0 spiro atoms. The Morgan fingerprint density at radius 3 is 2.65 bits per heavy atom. The van der Waals surface area contributed by atoms with Crippen LogP contribution >= 0.6 is 15.9 Å². The number of hydrogen-bond acceptors (Lipinski definition) is 6. The number of carbonyl (C=O) groups is 3. The maximum absolute atomic E-state index is 14.1. The number of rotatable bonds is 7. The van der Waals surface area contributed by atoms with Crippen molar-refractivity contribution in [3.8, 4) is 11.5 Å². The summed E-state index contributed by atoms with van der Waals surface area (Å²) in [5.74, 6) is -2.36. The van der Waals surface area contributed by atoms with E-state index in [1.807, 2.05) is 6.07 Å². The molecule has 40 heavy (non-hydrogen) atoms. The number of nitrogens with zero attached hydrogens (tertiary/aromatic N) is 3. The van der Waals surface area contributed by atoms with E-state index in [1.165, 1.54) is 18.2 Å². The fraction of sp³-hybridized carbons (Fsp3) is 0.357. The largest absolute Gasteiger partial charge is 0.491 e. The number of halogens is 2. The van der Waals surface area contributed by atoms with Gasteiger partial charge in [-0.25, -0.2) is 14.0 Å². The number of Topliss-reactive ketones (excluding diaryl/α,β-unsaturated/α-hetero) is 1. The van der Waals surface area contributed by atoms with Gasteiger partial charge in [-0.3, -0.25) is 4.79 Å². The van der Waals surface area contributed by atoms with E-state index < -0.39 is 36.0 Å². The molecular weight excluding hydrogens is 589 g/mol. The number of aliphatic carboxylic acids is 1. The number of ether oxygens (including phenoxy) is 3. The zero-order chi connectivity index (χ0) is 29.2. The summed E-state index contributed by atoms with van der Waals surface area (Å²) >= 11 is 3.51. The van der Waals surface area contributed by atoms with Crippen LogP contribution in [0.2, 0.25) is 0 Å². The highest BCUT2D eigenvalue weighted by Gasteiger charge is 2.31. The first-order valence-electron chi connectivity index (χ1n) is 12.4. The first-order chi connectivity index (χ1) is 18.8. The second kappa shape index (κ2) is 11.7. The van der Waals surface area contributed by atoms with Crippen LogP contribution in [-0.2, 0) is 29.5 Å². The zero-order valence-corrected chi connectivity index (χ0v) is 24.0. The van der Waals surface area contributed by atoms with Crippen LogP contribution in [0.5, 0.6) is 11.5 Å². The van der Waals surface area contributed by atoms with Crippen molar-refractivity contribution < 1.29 is 38.1 Å². The van der Waals surface area contributed by atoms with E-state index in [4.69, 9.17) is 19.3 Å². The highest BCUT2D eigenvalue weighted by molar-refractivity contribution is 9.10. The van der Waals surface area contributed by atoms with Crippen molar-refractivity contribution in [2.24, 2.45) is 18.0 Å². The molecule has 0 fully saturated rings. The Kier molecular flexibility index (Phi) is 8.48. The number of benzene rings is 2. The van der Waals surface area contributed by atoms with Crippen LogP contribution in [0, 0.1) is 11.7 Å². The molecule has 0 saturated heterocycles. The molecule has 0 saturated carbocycles. The van der Waals surface area contributed by atoms with Gasteiger partial charge < -0.3 is 28.5 Å². The Balaban J connectivity index is 1.57. The van der Waals surface area contributed by atoms with Gasteiger partial charge in [-0.2, -0.15) is 0 Å². The fourth-order valence-electron chi connectivity index (χ4n) is 4.26. The molecule has 10 nitrogen and oxygen atoms in total. The van der Waals surface area contributed by atoms with Gasteiger partial charge in [0.2, 0.25) is 5.62 Å². The Labute approximate surface area is 238 Å². The lowest BCUT2D eigenvalue weighted by Gasteiger charge is -2.26. The topological polar surface area (TPSA) is 121 Å². The zero-order valence-electron chi connectivity index (χ0n) is 22.4. The number of hydrogen-bond donors (Lipinski definition) is 1. The molecule has 0 aliphatic carbocycles. The van der Waals surface area contributed by atoms with Gasteiger partial charge in [0.05, 0.1) is 29.1 Å². The molecule has 2 aromatic carbocycles. The van der Waals surface area contributed by atoms with E-state index in [9.17, 15) is 18.8 Å². The minimum atomic E-state index is -1.22. The maximum atomic E-state index is 14.1. The summed E-state index contributed by atoms with van der Waals surface area (Å²) in [6.07, 6.45) is 3.07. The fourth-order valence-corrected chi connectivity index (χ4v) is 4.88. The molecule has 1 aromatic heterocycles. The lowest BCUT2D eigenvalue weighted by atomic mass is 9.89. The van der Waals surface area contributed by atoms with Crippen LogP contribution in [0.1, 0.15) is 42.3 Å².